The van der Waals surface area contributed by atoms with Gasteiger partial charge in [0.05, 0.1) is 18.6 Å². The number of nitro groups is 1. The second kappa shape index (κ2) is 6.74. The number of rotatable bonds is 5. The summed E-state index contributed by atoms with van der Waals surface area (Å²) in [5, 5.41) is 11.2. The van der Waals surface area contributed by atoms with Gasteiger partial charge < -0.3 is 4.74 Å². The van der Waals surface area contributed by atoms with E-state index in [-0.39, 0.29) is 28.8 Å². The minimum Gasteiger partial charge on any atom is -0.478 e. The van der Waals surface area contributed by atoms with Gasteiger partial charge in [0, 0.05) is 11.1 Å². The van der Waals surface area contributed by atoms with E-state index in [0.717, 1.165) is 17.4 Å². The number of nitro benzene ring substituents is 1. The Balaban J connectivity index is 2.20. The van der Waals surface area contributed by atoms with E-state index in [2.05, 4.69) is 15.9 Å². The minimum atomic E-state index is -0.627. The van der Waals surface area contributed by atoms with E-state index < -0.39 is 4.92 Å². The van der Waals surface area contributed by atoms with Crippen LogP contribution in [-0.2, 0) is 0 Å². The topological polar surface area (TPSA) is 69.4 Å². The Hall–Kier alpha value is -1.15. The van der Waals surface area contributed by atoms with E-state index in [0.29, 0.717) is 13.7 Å². The van der Waals surface area contributed by atoms with Gasteiger partial charge in [0.15, 0.2) is 6.61 Å². The van der Waals surface area contributed by atoms with Gasteiger partial charge >= 0.3 is 5.69 Å². The molecule has 0 saturated carbocycles. The lowest BCUT2D eigenvalue weighted by Crippen LogP contribution is -2.11. The van der Waals surface area contributed by atoms with Crippen molar-refractivity contribution in [3.63, 3.8) is 0 Å². The summed E-state index contributed by atoms with van der Waals surface area (Å²) in [4.78, 5) is 22.7. The van der Waals surface area contributed by atoms with E-state index >= 15 is 0 Å². The third-order valence-electron chi connectivity index (χ3n) is 2.38. The first-order valence-corrected chi connectivity index (χ1v) is 7.80. The molecule has 2 rings (SSSR count). The first-order valence-electron chi connectivity index (χ1n) is 5.43. The Labute approximate surface area is 141 Å². The van der Waals surface area contributed by atoms with Gasteiger partial charge in [-0.15, -0.1) is 11.3 Å². The van der Waals surface area contributed by atoms with Crippen LogP contribution in [0.2, 0.25) is 9.36 Å². The smallest absolute Gasteiger partial charge is 0.313 e. The summed E-state index contributed by atoms with van der Waals surface area (Å²) in [6.07, 6.45) is 0. The lowest BCUT2D eigenvalue weighted by molar-refractivity contribution is -0.385. The zero-order chi connectivity index (χ0) is 15.6. The molecular formula is C12H6BrCl2NO4S. The number of carbonyl (C=O) groups excluding carboxylic acids is 1. The van der Waals surface area contributed by atoms with Crippen molar-refractivity contribution in [2.45, 2.75) is 0 Å². The van der Waals surface area contributed by atoms with Gasteiger partial charge in [0.1, 0.15) is 0 Å². The summed E-state index contributed by atoms with van der Waals surface area (Å²) >= 11 is 15.8. The molecule has 0 atom stereocenters. The highest BCUT2D eigenvalue weighted by atomic mass is 79.9. The van der Waals surface area contributed by atoms with Crippen LogP contribution in [0.5, 0.6) is 5.75 Å². The van der Waals surface area contributed by atoms with Crippen LogP contribution in [0.3, 0.4) is 0 Å². The van der Waals surface area contributed by atoms with E-state index in [1.807, 2.05) is 0 Å². The maximum atomic E-state index is 11.9. The molecule has 1 heterocycles. The molecule has 110 valence electrons. The van der Waals surface area contributed by atoms with Crippen molar-refractivity contribution in [2.75, 3.05) is 6.61 Å². The molecule has 0 spiro atoms. The van der Waals surface area contributed by atoms with Gasteiger partial charge in [0.25, 0.3) is 0 Å². The second-order valence-electron chi connectivity index (χ2n) is 3.81. The number of thiophene rings is 1. The van der Waals surface area contributed by atoms with Crippen LogP contribution >= 0.6 is 50.5 Å². The van der Waals surface area contributed by atoms with Gasteiger partial charge in [-0.3, -0.25) is 14.9 Å². The zero-order valence-corrected chi connectivity index (χ0v) is 14.1. The van der Waals surface area contributed by atoms with Crippen molar-refractivity contribution in [1.29, 1.82) is 0 Å². The highest BCUT2D eigenvalue weighted by Crippen LogP contribution is 2.38. The maximum absolute atomic E-state index is 11.9. The van der Waals surface area contributed by atoms with Gasteiger partial charge in [-0.1, -0.05) is 23.2 Å². The molecular weight excluding hydrogens is 405 g/mol. The largest absolute Gasteiger partial charge is 0.478 e. The molecule has 0 radical (unpaired) electrons. The molecule has 0 aliphatic heterocycles. The summed E-state index contributed by atoms with van der Waals surface area (Å²) in [7, 11) is 0. The number of ketones is 1. The number of ether oxygens (including phenoxy) is 1. The highest BCUT2D eigenvalue weighted by molar-refractivity contribution is 9.10. The average Bonchev–Trinajstić information content (AvgIpc) is 2.83. The molecule has 1 aromatic heterocycles. The van der Waals surface area contributed by atoms with Crippen LogP contribution in [0.4, 0.5) is 5.69 Å². The predicted molar refractivity (Wildman–Crippen MR) is 85.0 cm³/mol. The molecule has 9 heteroatoms. The number of hydrogen-bond acceptors (Lipinski definition) is 5. The van der Waals surface area contributed by atoms with Crippen molar-refractivity contribution >= 4 is 61.9 Å². The number of hydrogen-bond donors (Lipinski definition) is 0. The van der Waals surface area contributed by atoms with Crippen LogP contribution in [0.1, 0.15) is 9.67 Å². The average molecular weight is 411 g/mol. The standard InChI is InChI=1S/C12H6BrCl2NO4S/c13-7-3-6(14)4-8(16(18)19)12(7)20-5-9(17)10-1-2-11(15)21-10/h1-4H,5H2. The second-order valence-corrected chi connectivity index (χ2v) is 6.81. The lowest BCUT2D eigenvalue weighted by atomic mass is 10.3. The molecule has 0 unspecified atom stereocenters. The summed E-state index contributed by atoms with van der Waals surface area (Å²) in [6.45, 7) is -0.335. The number of nitrogens with zero attached hydrogens (tertiary/aromatic N) is 1. The molecule has 21 heavy (non-hydrogen) atoms. The fourth-order valence-corrected chi connectivity index (χ4v) is 3.37. The molecule has 0 amide bonds. The number of benzene rings is 1. The first-order chi connectivity index (χ1) is 9.88. The van der Waals surface area contributed by atoms with Crippen LogP contribution < -0.4 is 4.74 Å². The van der Waals surface area contributed by atoms with E-state index in [1.54, 1.807) is 12.1 Å². The Morgan fingerprint density at radius 3 is 2.67 bits per heavy atom. The Morgan fingerprint density at radius 1 is 1.38 bits per heavy atom. The number of carbonyl (C=O) groups is 1. The molecule has 0 saturated heterocycles. The maximum Gasteiger partial charge on any atom is 0.313 e. The predicted octanol–water partition coefficient (Wildman–Crippen LogP) is 4.99. The molecule has 0 bridgehead atoms. The minimum absolute atomic E-state index is 0.0413. The van der Waals surface area contributed by atoms with E-state index in [9.17, 15) is 14.9 Å². The zero-order valence-electron chi connectivity index (χ0n) is 10.1. The van der Waals surface area contributed by atoms with Gasteiger partial charge in [-0.2, -0.15) is 0 Å². The molecule has 0 N–H and O–H groups in total. The van der Waals surface area contributed by atoms with E-state index in [4.69, 9.17) is 27.9 Å². The van der Waals surface area contributed by atoms with Gasteiger partial charge in [0.2, 0.25) is 11.5 Å². The highest BCUT2D eigenvalue weighted by Gasteiger charge is 2.21. The fraction of sp³-hybridized carbons (Fsp3) is 0.0833. The summed E-state index contributed by atoms with van der Waals surface area (Å²) < 4.78 is 6.06. The van der Waals surface area contributed by atoms with Gasteiger partial charge in [-0.25, -0.2) is 0 Å². The van der Waals surface area contributed by atoms with Crippen molar-refractivity contribution in [3.8, 4) is 5.75 Å². The molecule has 1 aromatic carbocycles. The van der Waals surface area contributed by atoms with Gasteiger partial charge in [-0.05, 0) is 34.1 Å². The van der Waals surface area contributed by atoms with E-state index in [1.165, 1.54) is 6.07 Å². The third kappa shape index (κ3) is 3.94. The van der Waals surface area contributed by atoms with Crippen LogP contribution in [0.15, 0.2) is 28.7 Å². The van der Waals surface area contributed by atoms with Crippen LogP contribution in [0, 0.1) is 10.1 Å². The van der Waals surface area contributed by atoms with Crippen molar-refractivity contribution < 1.29 is 14.5 Å². The monoisotopic (exact) mass is 409 g/mol. The fourth-order valence-electron chi connectivity index (χ4n) is 1.50. The number of Topliss-reactive ketones (excluding diaryl/α,β-unsaturated/α-hetero) is 1. The molecule has 2 aromatic rings. The van der Waals surface area contributed by atoms with Crippen molar-refractivity contribution in [2.24, 2.45) is 0 Å². The van der Waals surface area contributed by atoms with Crippen molar-refractivity contribution in [1.82, 2.24) is 0 Å². The molecule has 0 aliphatic carbocycles. The molecule has 5 nitrogen and oxygen atoms in total. The Morgan fingerprint density at radius 2 is 2.10 bits per heavy atom. The first kappa shape index (κ1) is 16.2. The third-order valence-corrected chi connectivity index (χ3v) is 4.46. The number of halogens is 3. The molecule has 0 fully saturated rings. The van der Waals surface area contributed by atoms with Crippen LogP contribution in [0.25, 0.3) is 0 Å². The summed E-state index contributed by atoms with van der Waals surface area (Å²) in [5.74, 6) is -0.358. The normalized spacial score (nSPS) is 10.4. The molecule has 0 aliphatic rings. The quantitative estimate of drug-likeness (QED) is 0.395. The summed E-state index contributed by atoms with van der Waals surface area (Å²) in [6, 6.07) is 5.79. The SMILES string of the molecule is O=C(COc1c(Br)cc(Cl)cc1[N+](=O)[O-])c1ccc(Cl)s1. The Kier molecular flexibility index (Phi) is 5.21. The summed E-state index contributed by atoms with van der Waals surface area (Å²) in [5.41, 5.74) is -0.314. The Bertz CT molecular complexity index is 719. The lowest BCUT2D eigenvalue weighted by Gasteiger charge is -2.08. The van der Waals surface area contributed by atoms with Crippen LogP contribution in [-0.4, -0.2) is 17.3 Å². The van der Waals surface area contributed by atoms with Crippen molar-refractivity contribution in [3.05, 3.63) is 53.1 Å².